The molecule has 6 nitrogen and oxygen atoms in total. The molecule has 0 saturated carbocycles. The second-order valence-electron chi connectivity index (χ2n) is 7.07. The summed E-state index contributed by atoms with van der Waals surface area (Å²) in [5.41, 5.74) is 8.41. The van der Waals surface area contributed by atoms with E-state index in [2.05, 4.69) is 41.4 Å². The van der Waals surface area contributed by atoms with Crippen molar-refractivity contribution in [2.24, 2.45) is 11.7 Å². The van der Waals surface area contributed by atoms with E-state index in [9.17, 15) is 9.59 Å². The Bertz CT molecular complexity index is 605. The molecule has 0 radical (unpaired) electrons. The van der Waals surface area contributed by atoms with Crippen molar-refractivity contribution < 1.29 is 9.59 Å². The standard InChI is InChI=1S/C19H30N4O2.2ClH/c1-14(2)18(20)19(25)21-12-17(24)23-10-8-22(9-11-23)13-16-7-5-4-6-15(16)3;;/h4-7,14,18H,8-13,20H2,1-3H3,(H,21,25);2*1H/t18-;;/m0../s1. The number of amides is 2. The number of nitrogens with zero attached hydrogens (tertiary/aromatic N) is 2. The number of halogens is 2. The van der Waals surface area contributed by atoms with Crippen LogP contribution in [0.5, 0.6) is 0 Å². The maximum absolute atomic E-state index is 12.3. The summed E-state index contributed by atoms with van der Waals surface area (Å²) in [5.74, 6) is -0.249. The fraction of sp³-hybridized carbons (Fsp3) is 0.579. The summed E-state index contributed by atoms with van der Waals surface area (Å²) in [6.45, 7) is 9.91. The van der Waals surface area contributed by atoms with Crippen molar-refractivity contribution in [3.63, 3.8) is 0 Å². The van der Waals surface area contributed by atoms with E-state index in [1.807, 2.05) is 18.7 Å². The van der Waals surface area contributed by atoms with Gasteiger partial charge in [-0.2, -0.15) is 0 Å². The first-order chi connectivity index (χ1) is 11.9. The molecular formula is C19H32Cl2N4O2. The number of hydrogen-bond acceptors (Lipinski definition) is 4. The third-order valence-corrected chi connectivity index (χ3v) is 4.82. The molecule has 1 aliphatic heterocycles. The monoisotopic (exact) mass is 418 g/mol. The normalized spacial score (nSPS) is 15.5. The van der Waals surface area contributed by atoms with E-state index in [0.29, 0.717) is 13.1 Å². The van der Waals surface area contributed by atoms with E-state index < -0.39 is 6.04 Å². The summed E-state index contributed by atoms with van der Waals surface area (Å²) in [4.78, 5) is 28.3. The first-order valence-electron chi connectivity index (χ1n) is 8.96. The van der Waals surface area contributed by atoms with Gasteiger partial charge in [0.25, 0.3) is 0 Å². The average molecular weight is 419 g/mol. The van der Waals surface area contributed by atoms with Gasteiger partial charge in [0.1, 0.15) is 0 Å². The zero-order valence-electron chi connectivity index (χ0n) is 16.3. The van der Waals surface area contributed by atoms with Crippen molar-refractivity contribution in [2.45, 2.75) is 33.4 Å². The highest BCUT2D eigenvalue weighted by Gasteiger charge is 2.23. The Morgan fingerprint density at radius 3 is 2.26 bits per heavy atom. The Hall–Kier alpha value is -1.34. The number of benzene rings is 1. The molecule has 2 rings (SSSR count). The summed E-state index contributed by atoms with van der Waals surface area (Å²) in [6, 6.07) is 7.82. The van der Waals surface area contributed by atoms with Gasteiger partial charge >= 0.3 is 0 Å². The number of piperazine rings is 1. The molecule has 0 aliphatic carbocycles. The molecule has 0 bridgehead atoms. The van der Waals surface area contributed by atoms with Crippen molar-refractivity contribution in [2.75, 3.05) is 32.7 Å². The highest BCUT2D eigenvalue weighted by Crippen LogP contribution is 2.12. The molecule has 154 valence electrons. The second kappa shape index (κ2) is 12.2. The largest absolute Gasteiger partial charge is 0.346 e. The first kappa shape index (κ1) is 25.7. The quantitative estimate of drug-likeness (QED) is 0.734. The van der Waals surface area contributed by atoms with Crippen LogP contribution in [0, 0.1) is 12.8 Å². The zero-order valence-corrected chi connectivity index (χ0v) is 17.9. The molecule has 1 aliphatic rings. The molecule has 1 saturated heterocycles. The van der Waals surface area contributed by atoms with E-state index in [4.69, 9.17) is 5.73 Å². The van der Waals surface area contributed by atoms with Crippen LogP contribution in [0.1, 0.15) is 25.0 Å². The molecule has 1 atom stereocenters. The van der Waals surface area contributed by atoms with Crippen LogP contribution in [0.25, 0.3) is 0 Å². The van der Waals surface area contributed by atoms with Crippen molar-refractivity contribution in [3.8, 4) is 0 Å². The topological polar surface area (TPSA) is 78.7 Å². The fourth-order valence-corrected chi connectivity index (χ4v) is 2.88. The van der Waals surface area contributed by atoms with Crippen LogP contribution in [0.2, 0.25) is 0 Å². The van der Waals surface area contributed by atoms with Crippen LogP contribution >= 0.6 is 24.8 Å². The first-order valence-corrected chi connectivity index (χ1v) is 8.96. The number of hydrogen-bond donors (Lipinski definition) is 2. The van der Waals surface area contributed by atoms with Crippen LogP contribution in [-0.4, -0.2) is 60.4 Å². The molecule has 3 N–H and O–H groups in total. The van der Waals surface area contributed by atoms with Gasteiger partial charge in [-0.05, 0) is 24.0 Å². The Kier molecular flexibility index (Phi) is 11.6. The lowest BCUT2D eigenvalue weighted by molar-refractivity contribution is -0.134. The Labute approximate surface area is 174 Å². The molecule has 0 spiro atoms. The van der Waals surface area contributed by atoms with Gasteiger partial charge in [0, 0.05) is 32.7 Å². The molecule has 0 unspecified atom stereocenters. The van der Waals surface area contributed by atoms with Crippen LogP contribution in [-0.2, 0) is 16.1 Å². The predicted octanol–water partition coefficient (Wildman–Crippen LogP) is 1.58. The number of carbonyl (C=O) groups excluding carboxylic acids is 2. The minimum Gasteiger partial charge on any atom is -0.346 e. The lowest BCUT2D eigenvalue weighted by Crippen LogP contribution is -2.52. The van der Waals surface area contributed by atoms with Gasteiger partial charge in [0.05, 0.1) is 12.6 Å². The summed E-state index contributed by atoms with van der Waals surface area (Å²) in [5, 5.41) is 2.65. The average Bonchev–Trinajstić information content (AvgIpc) is 2.61. The third-order valence-electron chi connectivity index (χ3n) is 4.82. The summed E-state index contributed by atoms with van der Waals surface area (Å²) in [6.07, 6.45) is 0. The van der Waals surface area contributed by atoms with E-state index in [0.717, 1.165) is 19.6 Å². The van der Waals surface area contributed by atoms with Gasteiger partial charge in [0.15, 0.2) is 0 Å². The van der Waals surface area contributed by atoms with Crippen molar-refractivity contribution in [1.29, 1.82) is 0 Å². The summed E-state index contributed by atoms with van der Waals surface area (Å²) < 4.78 is 0. The summed E-state index contributed by atoms with van der Waals surface area (Å²) in [7, 11) is 0. The van der Waals surface area contributed by atoms with Crippen molar-refractivity contribution in [3.05, 3.63) is 35.4 Å². The van der Waals surface area contributed by atoms with Crippen LogP contribution in [0.15, 0.2) is 24.3 Å². The highest BCUT2D eigenvalue weighted by molar-refractivity contribution is 5.87. The van der Waals surface area contributed by atoms with Crippen LogP contribution in [0.4, 0.5) is 0 Å². The zero-order chi connectivity index (χ0) is 18.4. The highest BCUT2D eigenvalue weighted by atomic mass is 35.5. The van der Waals surface area contributed by atoms with E-state index in [1.54, 1.807) is 0 Å². The lowest BCUT2D eigenvalue weighted by atomic mass is 10.1. The molecule has 1 aromatic carbocycles. The minimum absolute atomic E-state index is 0. The predicted molar refractivity (Wildman–Crippen MR) is 113 cm³/mol. The SMILES string of the molecule is Cc1ccccc1CN1CCN(C(=O)CNC(=O)[C@@H](N)C(C)C)CC1.Cl.Cl. The van der Waals surface area contributed by atoms with Gasteiger partial charge in [-0.3, -0.25) is 14.5 Å². The van der Waals surface area contributed by atoms with Gasteiger partial charge in [0.2, 0.25) is 11.8 Å². The fourth-order valence-electron chi connectivity index (χ4n) is 2.88. The van der Waals surface area contributed by atoms with E-state index in [1.165, 1.54) is 11.1 Å². The number of aryl methyl sites for hydroxylation is 1. The second-order valence-corrected chi connectivity index (χ2v) is 7.07. The molecule has 2 amide bonds. The number of carbonyl (C=O) groups is 2. The Morgan fingerprint density at radius 2 is 1.70 bits per heavy atom. The smallest absolute Gasteiger partial charge is 0.242 e. The van der Waals surface area contributed by atoms with Crippen LogP contribution < -0.4 is 11.1 Å². The van der Waals surface area contributed by atoms with E-state index >= 15 is 0 Å². The molecule has 27 heavy (non-hydrogen) atoms. The summed E-state index contributed by atoms with van der Waals surface area (Å²) >= 11 is 0. The van der Waals surface area contributed by atoms with Gasteiger partial charge < -0.3 is 16.0 Å². The number of nitrogens with two attached hydrogens (primary N) is 1. The molecule has 1 fully saturated rings. The number of nitrogens with one attached hydrogen (secondary N) is 1. The molecule has 8 heteroatoms. The lowest BCUT2D eigenvalue weighted by Gasteiger charge is -2.35. The Balaban J connectivity index is 0.00000338. The minimum atomic E-state index is -0.571. The van der Waals surface area contributed by atoms with Gasteiger partial charge in [-0.15, -0.1) is 24.8 Å². The maximum atomic E-state index is 12.3. The maximum Gasteiger partial charge on any atom is 0.242 e. The van der Waals surface area contributed by atoms with Gasteiger partial charge in [-0.25, -0.2) is 0 Å². The number of rotatable bonds is 6. The van der Waals surface area contributed by atoms with Gasteiger partial charge in [-0.1, -0.05) is 38.1 Å². The molecular weight excluding hydrogens is 387 g/mol. The molecule has 0 aromatic heterocycles. The van der Waals surface area contributed by atoms with Crippen LogP contribution in [0.3, 0.4) is 0 Å². The third kappa shape index (κ3) is 7.66. The van der Waals surface area contributed by atoms with E-state index in [-0.39, 0.29) is 49.1 Å². The van der Waals surface area contributed by atoms with Crippen molar-refractivity contribution >= 4 is 36.6 Å². The van der Waals surface area contributed by atoms with Crippen molar-refractivity contribution in [1.82, 2.24) is 15.1 Å². The molecule has 1 aromatic rings. The Morgan fingerprint density at radius 1 is 1.11 bits per heavy atom. The molecule has 1 heterocycles.